The Balaban J connectivity index is 1.99. The van der Waals surface area contributed by atoms with Crippen LogP contribution in [0.4, 0.5) is 13.6 Å². The molecule has 0 spiro atoms. The lowest BCUT2D eigenvalue weighted by Gasteiger charge is -2.15. The van der Waals surface area contributed by atoms with Crippen LogP contribution in [0.2, 0.25) is 0 Å². The van der Waals surface area contributed by atoms with Gasteiger partial charge in [0.15, 0.2) is 17.4 Å². The lowest BCUT2D eigenvalue weighted by atomic mass is 10.2. The highest BCUT2D eigenvalue weighted by molar-refractivity contribution is 5.87. The summed E-state index contributed by atoms with van der Waals surface area (Å²) < 4.78 is 32.0. The van der Waals surface area contributed by atoms with Crippen LogP contribution < -0.4 is 10.1 Å². The van der Waals surface area contributed by atoms with Crippen LogP contribution in [-0.2, 0) is 0 Å². The number of hydrogen-bond donors (Lipinski definition) is 2. The molecule has 8 heteroatoms. The van der Waals surface area contributed by atoms with E-state index in [1.165, 1.54) is 4.90 Å². The molecule has 1 aliphatic rings. The molecule has 1 fully saturated rings. The second kappa shape index (κ2) is 5.72. The van der Waals surface area contributed by atoms with E-state index in [0.29, 0.717) is 25.2 Å². The Morgan fingerprint density at radius 2 is 2.05 bits per heavy atom. The van der Waals surface area contributed by atoms with E-state index in [1.54, 1.807) is 0 Å². The monoisotopic (exact) mass is 286 g/mol. The third-order valence-corrected chi connectivity index (χ3v) is 2.80. The van der Waals surface area contributed by atoms with Gasteiger partial charge in [-0.1, -0.05) is 0 Å². The minimum Gasteiger partial charge on any atom is -0.486 e. The number of nitrogens with zero attached hydrogens (tertiary/aromatic N) is 1. The Morgan fingerprint density at radius 1 is 1.40 bits per heavy atom. The maximum atomic E-state index is 13.5. The lowest BCUT2D eigenvalue weighted by Crippen LogP contribution is -2.32. The van der Waals surface area contributed by atoms with E-state index in [4.69, 9.17) is 9.84 Å². The summed E-state index contributed by atoms with van der Waals surface area (Å²) in [6, 6.07) is 1.11. The Morgan fingerprint density at radius 3 is 2.55 bits per heavy atom. The van der Waals surface area contributed by atoms with Crippen molar-refractivity contribution in [1.82, 2.24) is 10.2 Å². The summed E-state index contributed by atoms with van der Waals surface area (Å²) in [4.78, 5) is 23.3. The largest absolute Gasteiger partial charge is 0.486 e. The van der Waals surface area contributed by atoms with Crippen molar-refractivity contribution in [2.75, 3.05) is 26.2 Å². The second-order valence-electron chi connectivity index (χ2n) is 4.14. The lowest BCUT2D eigenvalue weighted by molar-refractivity contribution is 0.0695. The van der Waals surface area contributed by atoms with E-state index in [-0.39, 0.29) is 19.2 Å². The van der Waals surface area contributed by atoms with Gasteiger partial charge in [0.25, 0.3) is 0 Å². The molecule has 2 rings (SSSR count). The first-order valence-electron chi connectivity index (χ1n) is 5.87. The number of amides is 2. The SMILES string of the molecule is O=C(O)c1cc(F)c(OCCN2CCNC2=O)c(F)c1. The molecular formula is C12H12F2N2O4. The van der Waals surface area contributed by atoms with E-state index >= 15 is 0 Å². The standard InChI is InChI=1S/C12H12F2N2O4/c13-8-5-7(11(17)18)6-9(14)10(8)20-4-3-16-2-1-15-12(16)19/h5-6H,1-4H2,(H,15,19)(H,17,18). The van der Waals surface area contributed by atoms with Crippen LogP contribution >= 0.6 is 0 Å². The first kappa shape index (κ1) is 14.0. The topological polar surface area (TPSA) is 78.9 Å². The fourth-order valence-corrected chi connectivity index (χ4v) is 1.80. The molecule has 1 aromatic rings. The van der Waals surface area contributed by atoms with Crippen molar-refractivity contribution in [3.8, 4) is 5.75 Å². The molecular weight excluding hydrogens is 274 g/mol. The molecule has 1 aliphatic heterocycles. The number of urea groups is 1. The smallest absolute Gasteiger partial charge is 0.335 e. The van der Waals surface area contributed by atoms with Crippen LogP contribution in [0, 0.1) is 11.6 Å². The maximum Gasteiger partial charge on any atom is 0.335 e. The number of nitrogens with one attached hydrogen (secondary N) is 1. The van der Waals surface area contributed by atoms with Crippen LogP contribution in [-0.4, -0.2) is 48.2 Å². The van der Waals surface area contributed by atoms with Gasteiger partial charge in [-0.2, -0.15) is 0 Å². The number of carboxylic acid groups (broad SMARTS) is 1. The number of aromatic carboxylic acids is 1. The summed E-state index contributed by atoms with van der Waals surface area (Å²) in [6.45, 7) is 1.12. The number of rotatable bonds is 5. The van der Waals surface area contributed by atoms with Gasteiger partial charge in [-0.05, 0) is 12.1 Å². The Labute approximate surface area is 112 Å². The highest BCUT2D eigenvalue weighted by Crippen LogP contribution is 2.23. The van der Waals surface area contributed by atoms with Crippen molar-refractivity contribution < 1.29 is 28.2 Å². The molecule has 0 radical (unpaired) electrons. The van der Waals surface area contributed by atoms with Gasteiger partial charge < -0.3 is 20.1 Å². The number of benzene rings is 1. The first-order valence-corrected chi connectivity index (χ1v) is 5.87. The molecule has 1 aromatic carbocycles. The predicted molar refractivity (Wildman–Crippen MR) is 63.8 cm³/mol. The van der Waals surface area contributed by atoms with Gasteiger partial charge in [-0.25, -0.2) is 18.4 Å². The molecule has 0 atom stereocenters. The number of ether oxygens (including phenoxy) is 1. The zero-order valence-corrected chi connectivity index (χ0v) is 10.4. The molecule has 2 N–H and O–H groups in total. The zero-order chi connectivity index (χ0) is 14.7. The molecule has 0 bridgehead atoms. The van der Waals surface area contributed by atoms with Gasteiger partial charge in [0.05, 0.1) is 12.1 Å². The number of carboxylic acids is 1. The minimum absolute atomic E-state index is 0.0896. The molecule has 108 valence electrons. The highest BCUT2D eigenvalue weighted by Gasteiger charge is 2.20. The Bertz CT molecular complexity index is 527. The van der Waals surface area contributed by atoms with E-state index in [1.807, 2.05) is 0 Å². The molecule has 20 heavy (non-hydrogen) atoms. The number of halogens is 2. The number of hydrogen-bond acceptors (Lipinski definition) is 3. The summed E-state index contributed by atoms with van der Waals surface area (Å²) in [7, 11) is 0. The molecule has 0 saturated carbocycles. The van der Waals surface area contributed by atoms with Crippen molar-refractivity contribution in [2.45, 2.75) is 0 Å². The molecule has 0 unspecified atom stereocenters. The molecule has 1 saturated heterocycles. The van der Waals surface area contributed by atoms with Gasteiger partial charge in [0, 0.05) is 13.1 Å². The van der Waals surface area contributed by atoms with Gasteiger partial charge >= 0.3 is 12.0 Å². The zero-order valence-electron chi connectivity index (χ0n) is 10.4. The van der Waals surface area contributed by atoms with E-state index in [2.05, 4.69) is 5.32 Å². The number of carbonyl (C=O) groups excluding carboxylic acids is 1. The summed E-state index contributed by atoms with van der Waals surface area (Å²) >= 11 is 0. The second-order valence-corrected chi connectivity index (χ2v) is 4.14. The Kier molecular flexibility index (Phi) is 4.02. The minimum atomic E-state index is -1.43. The van der Waals surface area contributed by atoms with E-state index in [0.717, 1.165) is 0 Å². The summed E-state index contributed by atoms with van der Waals surface area (Å²) in [6.07, 6.45) is 0. The van der Waals surface area contributed by atoms with Crippen LogP contribution in [0.5, 0.6) is 5.75 Å². The van der Waals surface area contributed by atoms with Gasteiger partial charge in [0.1, 0.15) is 6.61 Å². The number of carbonyl (C=O) groups is 2. The fourth-order valence-electron chi connectivity index (χ4n) is 1.80. The van der Waals surface area contributed by atoms with Gasteiger partial charge in [0.2, 0.25) is 0 Å². The molecule has 1 heterocycles. The summed E-state index contributed by atoms with van der Waals surface area (Å²) in [5.74, 6) is -4.25. The molecule has 2 amide bonds. The van der Waals surface area contributed by atoms with Crippen molar-refractivity contribution in [3.63, 3.8) is 0 Å². The van der Waals surface area contributed by atoms with E-state index < -0.39 is 28.9 Å². The van der Waals surface area contributed by atoms with Crippen molar-refractivity contribution in [1.29, 1.82) is 0 Å². The third kappa shape index (κ3) is 2.95. The van der Waals surface area contributed by atoms with Crippen LogP contribution in [0.25, 0.3) is 0 Å². The highest BCUT2D eigenvalue weighted by atomic mass is 19.1. The van der Waals surface area contributed by atoms with Crippen molar-refractivity contribution in [2.24, 2.45) is 0 Å². The predicted octanol–water partition coefficient (Wildman–Crippen LogP) is 1.07. The Hall–Kier alpha value is -2.38. The van der Waals surface area contributed by atoms with E-state index in [9.17, 15) is 18.4 Å². The summed E-state index contributed by atoms with van der Waals surface area (Å²) in [5.41, 5.74) is -0.494. The molecule has 0 aliphatic carbocycles. The molecule has 6 nitrogen and oxygen atoms in total. The third-order valence-electron chi connectivity index (χ3n) is 2.80. The maximum absolute atomic E-state index is 13.5. The fraction of sp³-hybridized carbons (Fsp3) is 0.333. The van der Waals surface area contributed by atoms with Crippen LogP contribution in [0.1, 0.15) is 10.4 Å². The van der Waals surface area contributed by atoms with Crippen molar-refractivity contribution in [3.05, 3.63) is 29.3 Å². The average molecular weight is 286 g/mol. The van der Waals surface area contributed by atoms with Crippen LogP contribution in [0.15, 0.2) is 12.1 Å². The quantitative estimate of drug-likeness (QED) is 0.848. The molecule has 0 aromatic heterocycles. The van der Waals surface area contributed by atoms with Crippen LogP contribution in [0.3, 0.4) is 0 Å². The van der Waals surface area contributed by atoms with Gasteiger partial charge in [-0.3, -0.25) is 0 Å². The normalized spacial score (nSPS) is 14.3. The van der Waals surface area contributed by atoms with Gasteiger partial charge in [-0.15, -0.1) is 0 Å². The first-order chi connectivity index (χ1) is 9.49. The summed E-state index contributed by atoms with van der Waals surface area (Å²) in [5, 5.41) is 11.2. The average Bonchev–Trinajstić information content (AvgIpc) is 2.78. The van der Waals surface area contributed by atoms with Crippen molar-refractivity contribution >= 4 is 12.0 Å².